The van der Waals surface area contributed by atoms with Gasteiger partial charge in [0.05, 0.1) is 12.6 Å². The summed E-state index contributed by atoms with van der Waals surface area (Å²) in [6, 6.07) is 0. The molecule has 2 aliphatic heterocycles. The number of hydrogen-bond donors (Lipinski definition) is 1. The van der Waals surface area contributed by atoms with E-state index in [-0.39, 0.29) is 12.2 Å². The number of rotatable bonds is 4. The second-order valence-electron chi connectivity index (χ2n) is 4.11. The number of cyclic esters (lactones) is 1. The largest absolute Gasteiger partial charge is 0.443 e. The number of carbonyl (C=O) groups excluding carboxylic acids is 1. The van der Waals surface area contributed by atoms with Crippen LogP contribution in [0, 0.1) is 0 Å². The van der Waals surface area contributed by atoms with Crippen LogP contribution < -0.4 is 5.73 Å². The molecule has 2 heterocycles. The average molecular weight is 214 g/mol. The minimum absolute atomic E-state index is 0.123. The fraction of sp³-hybridized carbons (Fsp3) is 0.900. The highest BCUT2D eigenvalue weighted by Crippen LogP contribution is 2.17. The van der Waals surface area contributed by atoms with Crippen molar-refractivity contribution in [1.29, 1.82) is 0 Å². The van der Waals surface area contributed by atoms with Gasteiger partial charge in [-0.2, -0.15) is 0 Å². The fourth-order valence-corrected chi connectivity index (χ4v) is 2.05. The molecule has 5 heteroatoms. The molecule has 0 saturated carbocycles. The van der Waals surface area contributed by atoms with Crippen molar-refractivity contribution < 1.29 is 14.3 Å². The van der Waals surface area contributed by atoms with Gasteiger partial charge in [0.25, 0.3) is 0 Å². The third-order valence-electron chi connectivity index (χ3n) is 2.96. The summed E-state index contributed by atoms with van der Waals surface area (Å²) in [6.45, 7) is 2.62. The van der Waals surface area contributed by atoms with Crippen LogP contribution >= 0.6 is 0 Å². The molecule has 0 aromatic heterocycles. The monoisotopic (exact) mass is 214 g/mol. The Labute approximate surface area is 89.5 Å². The Bertz CT molecular complexity index is 229. The zero-order valence-corrected chi connectivity index (χ0v) is 8.85. The van der Waals surface area contributed by atoms with Crippen LogP contribution in [0.2, 0.25) is 0 Å². The van der Waals surface area contributed by atoms with Crippen molar-refractivity contribution in [3.05, 3.63) is 0 Å². The molecule has 0 aromatic carbocycles. The van der Waals surface area contributed by atoms with Crippen molar-refractivity contribution >= 4 is 6.09 Å². The van der Waals surface area contributed by atoms with Crippen LogP contribution in [-0.2, 0) is 9.47 Å². The Morgan fingerprint density at radius 2 is 2.33 bits per heavy atom. The van der Waals surface area contributed by atoms with E-state index in [2.05, 4.69) is 0 Å². The van der Waals surface area contributed by atoms with Gasteiger partial charge < -0.3 is 20.1 Å². The predicted molar refractivity (Wildman–Crippen MR) is 54.5 cm³/mol. The van der Waals surface area contributed by atoms with E-state index in [1.807, 2.05) is 0 Å². The molecule has 2 aliphatic rings. The molecule has 0 radical (unpaired) electrons. The fourth-order valence-electron chi connectivity index (χ4n) is 2.05. The van der Waals surface area contributed by atoms with Crippen molar-refractivity contribution in [3.63, 3.8) is 0 Å². The number of nitrogens with two attached hydrogens (primary N) is 1. The maximum Gasteiger partial charge on any atom is 0.410 e. The summed E-state index contributed by atoms with van der Waals surface area (Å²) in [7, 11) is 0. The second kappa shape index (κ2) is 4.81. The van der Waals surface area contributed by atoms with Crippen molar-refractivity contribution in [3.8, 4) is 0 Å². The molecule has 2 saturated heterocycles. The van der Waals surface area contributed by atoms with E-state index in [0.717, 1.165) is 32.4 Å². The van der Waals surface area contributed by atoms with Crippen molar-refractivity contribution in [2.75, 3.05) is 26.2 Å². The first-order valence-corrected chi connectivity index (χ1v) is 5.57. The normalized spacial score (nSPS) is 31.0. The summed E-state index contributed by atoms with van der Waals surface area (Å²) < 4.78 is 10.6. The molecule has 0 aliphatic carbocycles. The van der Waals surface area contributed by atoms with E-state index >= 15 is 0 Å². The molecule has 2 unspecified atom stereocenters. The number of carbonyl (C=O) groups is 1. The molecular weight excluding hydrogens is 196 g/mol. The number of hydrogen-bond acceptors (Lipinski definition) is 4. The molecule has 1 amide bonds. The van der Waals surface area contributed by atoms with Gasteiger partial charge in [0.15, 0.2) is 0 Å². The van der Waals surface area contributed by atoms with Gasteiger partial charge in [-0.3, -0.25) is 0 Å². The zero-order chi connectivity index (χ0) is 10.7. The predicted octanol–water partition coefficient (Wildman–Crippen LogP) is 0.335. The van der Waals surface area contributed by atoms with Crippen LogP contribution in [-0.4, -0.2) is 49.4 Å². The molecule has 2 N–H and O–H groups in total. The highest BCUT2D eigenvalue weighted by atomic mass is 16.6. The van der Waals surface area contributed by atoms with Gasteiger partial charge in [0, 0.05) is 19.7 Å². The topological polar surface area (TPSA) is 64.8 Å². The van der Waals surface area contributed by atoms with E-state index in [0.29, 0.717) is 19.2 Å². The Morgan fingerprint density at radius 1 is 1.47 bits per heavy atom. The lowest BCUT2D eigenvalue weighted by Gasteiger charge is -2.15. The SMILES string of the molecule is NCC1CN(CCC2CCCO2)C(=O)O1. The van der Waals surface area contributed by atoms with Crippen LogP contribution in [0.15, 0.2) is 0 Å². The van der Waals surface area contributed by atoms with Crippen molar-refractivity contribution in [1.82, 2.24) is 4.90 Å². The summed E-state index contributed by atoms with van der Waals surface area (Å²) in [5.41, 5.74) is 5.45. The van der Waals surface area contributed by atoms with Crippen LogP contribution in [0.4, 0.5) is 4.79 Å². The smallest absolute Gasteiger partial charge is 0.410 e. The van der Waals surface area contributed by atoms with Crippen LogP contribution in [0.5, 0.6) is 0 Å². The summed E-state index contributed by atoms with van der Waals surface area (Å²) in [4.78, 5) is 13.1. The lowest BCUT2D eigenvalue weighted by molar-refractivity contribution is 0.0951. The van der Waals surface area contributed by atoms with Crippen LogP contribution in [0.25, 0.3) is 0 Å². The minimum Gasteiger partial charge on any atom is -0.443 e. The van der Waals surface area contributed by atoms with E-state index in [1.165, 1.54) is 0 Å². The second-order valence-corrected chi connectivity index (χ2v) is 4.11. The van der Waals surface area contributed by atoms with E-state index < -0.39 is 0 Å². The maximum absolute atomic E-state index is 11.4. The molecular formula is C10H18N2O3. The highest BCUT2D eigenvalue weighted by molar-refractivity contribution is 5.69. The Kier molecular flexibility index (Phi) is 3.43. The Balaban J connectivity index is 1.72. The molecule has 2 rings (SSSR count). The molecule has 2 atom stereocenters. The lowest BCUT2D eigenvalue weighted by atomic mass is 10.2. The van der Waals surface area contributed by atoms with Crippen molar-refractivity contribution in [2.24, 2.45) is 5.73 Å². The summed E-state index contributed by atoms with van der Waals surface area (Å²) >= 11 is 0. The summed E-state index contributed by atoms with van der Waals surface area (Å²) in [5.74, 6) is 0. The zero-order valence-electron chi connectivity index (χ0n) is 8.85. The first-order valence-electron chi connectivity index (χ1n) is 5.57. The van der Waals surface area contributed by atoms with Gasteiger partial charge in [-0.25, -0.2) is 4.79 Å². The maximum atomic E-state index is 11.4. The molecule has 2 fully saturated rings. The molecule has 86 valence electrons. The quantitative estimate of drug-likeness (QED) is 0.732. The van der Waals surface area contributed by atoms with Gasteiger partial charge in [0.1, 0.15) is 6.10 Å². The van der Waals surface area contributed by atoms with Crippen LogP contribution in [0.1, 0.15) is 19.3 Å². The molecule has 5 nitrogen and oxygen atoms in total. The Hall–Kier alpha value is -0.810. The standard InChI is InChI=1S/C10H18N2O3/c11-6-9-7-12(10(13)15-9)4-3-8-2-1-5-14-8/h8-9H,1-7,11H2. The average Bonchev–Trinajstić information content (AvgIpc) is 2.84. The first kappa shape index (κ1) is 10.7. The van der Waals surface area contributed by atoms with E-state index in [1.54, 1.807) is 4.90 Å². The van der Waals surface area contributed by atoms with Gasteiger partial charge in [0.2, 0.25) is 0 Å². The number of amides is 1. The molecule has 15 heavy (non-hydrogen) atoms. The minimum atomic E-state index is -0.233. The lowest BCUT2D eigenvalue weighted by Crippen LogP contribution is -2.30. The third kappa shape index (κ3) is 2.60. The van der Waals surface area contributed by atoms with Crippen LogP contribution in [0.3, 0.4) is 0 Å². The van der Waals surface area contributed by atoms with Crippen molar-refractivity contribution in [2.45, 2.75) is 31.5 Å². The highest BCUT2D eigenvalue weighted by Gasteiger charge is 2.30. The molecule has 0 aromatic rings. The molecule has 0 spiro atoms. The van der Waals surface area contributed by atoms with E-state index in [4.69, 9.17) is 15.2 Å². The Morgan fingerprint density at radius 3 is 2.93 bits per heavy atom. The first-order chi connectivity index (χ1) is 7.29. The number of ether oxygens (including phenoxy) is 2. The summed E-state index contributed by atoms with van der Waals surface area (Å²) in [5, 5.41) is 0. The van der Waals surface area contributed by atoms with E-state index in [9.17, 15) is 4.79 Å². The van der Waals surface area contributed by atoms with Gasteiger partial charge >= 0.3 is 6.09 Å². The third-order valence-corrected chi connectivity index (χ3v) is 2.96. The molecule has 0 bridgehead atoms. The summed E-state index contributed by atoms with van der Waals surface area (Å²) in [6.07, 6.45) is 3.14. The van der Waals surface area contributed by atoms with Gasteiger partial charge in [-0.15, -0.1) is 0 Å². The van der Waals surface area contributed by atoms with Gasteiger partial charge in [-0.1, -0.05) is 0 Å². The number of nitrogens with zero attached hydrogens (tertiary/aromatic N) is 1. The van der Waals surface area contributed by atoms with Gasteiger partial charge in [-0.05, 0) is 19.3 Å².